The monoisotopic (exact) mass is 163 g/mol. The number of carbonyl (C=O) groups is 1. The topological polar surface area (TPSA) is 70.3 Å². The van der Waals surface area contributed by atoms with E-state index in [-0.39, 0.29) is 11.3 Å². The summed E-state index contributed by atoms with van der Waals surface area (Å²) >= 11 is 0. The third-order valence-corrected chi connectivity index (χ3v) is 1.24. The number of benzene rings is 1. The van der Waals surface area contributed by atoms with E-state index in [9.17, 15) is 4.79 Å². The Kier molecular flexibility index (Phi) is 2.29. The zero-order valence-electron chi connectivity index (χ0n) is 6.02. The zero-order chi connectivity index (χ0) is 8.97. The van der Waals surface area contributed by atoms with Crippen LogP contribution < -0.4 is 4.74 Å². The molecule has 0 bridgehead atoms. The summed E-state index contributed by atoms with van der Waals surface area (Å²) in [6, 6.07) is 5.73. The van der Waals surface area contributed by atoms with Crippen molar-refractivity contribution >= 4 is 5.97 Å². The molecule has 0 aromatic heterocycles. The molecule has 4 heteroatoms. The van der Waals surface area contributed by atoms with E-state index < -0.39 is 5.97 Å². The largest absolute Gasteiger partial charge is 0.478 e. The summed E-state index contributed by atoms with van der Waals surface area (Å²) in [6.45, 7) is 0. The molecule has 0 amide bonds. The Morgan fingerprint density at radius 1 is 1.58 bits per heavy atom. The first-order chi connectivity index (χ1) is 5.74. The summed E-state index contributed by atoms with van der Waals surface area (Å²) in [6.07, 6.45) is 1.46. The van der Waals surface area contributed by atoms with Gasteiger partial charge in [-0.2, -0.15) is 0 Å². The minimum Gasteiger partial charge on any atom is -0.478 e. The molecule has 0 atom stereocenters. The van der Waals surface area contributed by atoms with Crippen molar-refractivity contribution in [2.75, 3.05) is 0 Å². The van der Waals surface area contributed by atoms with Crippen molar-refractivity contribution in [1.82, 2.24) is 0 Å². The van der Waals surface area contributed by atoms with Gasteiger partial charge in [-0.05, 0) is 18.2 Å². The molecule has 4 nitrogen and oxygen atoms in total. The van der Waals surface area contributed by atoms with E-state index in [4.69, 9.17) is 10.4 Å². The highest BCUT2D eigenvalue weighted by Gasteiger charge is 2.02. The van der Waals surface area contributed by atoms with Crippen molar-refractivity contribution in [3.05, 3.63) is 29.8 Å². The van der Waals surface area contributed by atoms with Crippen LogP contribution >= 0.6 is 0 Å². The summed E-state index contributed by atoms with van der Waals surface area (Å²) in [7, 11) is 0. The smallest absolute Gasteiger partial charge is 0.335 e. The maximum Gasteiger partial charge on any atom is 0.335 e. The number of carboxylic acid groups (broad SMARTS) is 1. The van der Waals surface area contributed by atoms with Gasteiger partial charge in [-0.1, -0.05) is 6.07 Å². The standard InChI is InChI=1S/C8H5NO3/c9-5-12-7-3-1-2-6(4-7)8(10)11/h1-4H,(H,10,11). The van der Waals surface area contributed by atoms with Gasteiger partial charge in [-0.3, -0.25) is 0 Å². The van der Waals surface area contributed by atoms with Crippen molar-refractivity contribution in [3.63, 3.8) is 0 Å². The average Bonchev–Trinajstić information content (AvgIpc) is 2.05. The first-order valence-corrected chi connectivity index (χ1v) is 3.13. The summed E-state index contributed by atoms with van der Waals surface area (Å²) in [5.74, 6) is -0.809. The van der Waals surface area contributed by atoms with Crippen LogP contribution in [0.1, 0.15) is 10.4 Å². The van der Waals surface area contributed by atoms with Gasteiger partial charge in [0.1, 0.15) is 5.75 Å². The Morgan fingerprint density at radius 3 is 2.92 bits per heavy atom. The van der Waals surface area contributed by atoms with Gasteiger partial charge >= 0.3 is 5.97 Å². The highest BCUT2D eigenvalue weighted by atomic mass is 16.5. The quantitative estimate of drug-likeness (QED) is 0.666. The third kappa shape index (κ3) is 1.73. The lowest BCUT2D eigenvalue weighted by Gasteiger charge is -1.96. The molecule has 1 aromatic rings. The first-order valence-electron chi connectivity index (χ1n) is 3.13. The van der Waals surface area contributed by atoms with Gasteiger partial charge in [-0.25, -0.2) is 4.79 Å². The zero-order valence-corrected chi connectivity index (χ0v) is 6.02. The van der Waals surface area contributed by atoms with E-state index in [1.165, 1.54) is 30.5 Å². The van der Waals surface area contributed by atoms with Gasteiger partial charge in [0.05, 0.1) is 5.56 Å². The fourth-order valence-corrected chi connectivity index (χ4v) is 0.745. The van der Waals surface area contributed by atoms with Crippen molar-refractivity contribution < 1.29 is 14.6 Å². The van der Waals surface area contributed by atoms with Gasteiger partial charge in [0.25, 0.3) is 6.26 Å². The van der Waals surface area contributed by atoms with Crippen LogP contribution in [-0.2, 0) is 0 Å². The SMILES string of the molecule is N#COc1cccc(C(=O)O)c1. The van der Waals surface area contributed by atoms with E-state index in [1.54, 1.807) is 0 Å². The molecule has 0 heterocycles. The number of aromatic carboxylic acids is 1. The Labute approximate surface area is 68.6 Å². The van der Waals surface area contributed by atoms with Gasteiger partial charge in [0.2, 0.25) is 0 Å². The van der Waals surface area contributed by atoms with Crippen LogP contribution in [0, 0.1) is 11.5 Å². The molecule has 12 heavy (non-hydrogen) atoms. The Morgan fingerprint density at radius 2 is 2.33 bits per heavy atom. The van der Waals surface area contributed by atoms with Crippen molar-refractivity contribution in [2.45, 2.75) is 0 Å². The fourth-order valence-electron chi connectivity index (χ4n) is 0.745. The molecule has 0 spiro atoms. The van der Waals surface area contributed by atoms with Crippen LogP contribution in [0.3, 0.4) is 0 Å². The molecular weight excluding hydrogens is 158 g/mol. The Hall–Kier alpha value is -2.02. The number of ether oxygens (including phenoxy) is 1. The second-order valence-electron chi connectivity index (χ2n) is 2.03. The number of hydrogen-bond donors (Lipinski definition) is 1. The maximum atomic E-state index is 10.4. The fraction of sp³-hybridized carbons (Fsp3) is 0. The molecule has 0 saturated carbocycles. The van der Waals surface area contributed by atoms with E-state index in [0.29, 0.717) is 0 Å². The molecule has 0 aliphatic heterocycles. The summed E-state index contributed by atoms with van der Waals surface area (Å²) < 4.78 is 4.44. The second kappa shape index (κ2) is 3.39. The predicted molar refractivity (Wildman–Crippen MR) is 39.6 cm³/mol. The van der Waals surface area contributed by atoms with E-state index in [2.05, 4.69) is 4.74 Å². The lowest BCUT2D eigenvalue weighted by molar-refractivity contribution is 0.0696. The molecule has 0 unspecified atom stereocenters. The number of nitrogens with zero attached hydrogens (tertiary/aromatic N) is 1. The van der Waals surface area contributed by atoms with E-state index in [1.807, 2.05) is 0 Å². The number of nitriles is 1. The highest BCUT2D eigenvalue weighted by Crippen LogP contribution is 2.12. The van der Waals surface area contributed by atoms with Crippen molar-refractivity contribution in [3.8, 4) is 12.0 Å². The van der Waals surface area contributed by atoms with Crippen LogP contribution in [0.15, 0.2) is 24.3 Å². The van der Waals surface area contributed by atoms with Crippen LogP contribution in [0.2, 0.25) is 0 Å². The summed E-state index contributed by atoms with van der Waals surface area (Å²) in [5.41, 5.74) is 0.0998. The molecule has 1 rings (SSSR count). The summed E-state index contributed by atoms with van der Waals surface area (Å²) in [5, 5.41) is 16.7. The lowest BCUT2D eigenvalue weighted by Crippen LogP contribution is -1.95. The van der Waals surface area contributed by atoms with Gasteiger partial charge in [0, 0.05) is 0 Å². The van der Waals surface area contributed by atoms with Crippen molar-refractivity contribution in [1.29, 1.82) is 5.26 Å². The second-order valence-corrected chi connectivity index (χ2v) is 2.03. The molecule has 60 valence electrons. The number of carboxylic acids is 1. The minimum atomic E-state index is -1.04. The number of rotatable bonds is 2. The molecular formula is C8H5NO3. The van der Waals surface area contributed by atoms with Gasteiger partial charge in [0.15, 0.2) is 0 Å². The third-order valence-electron chi connectivity index (χ3n) is 1.24. The van der Waals surface area contributed by atoms with Crippen LogP contribution in [0.25, 0.3) is 0 Å². The van der Waals surface area contributed by atoms with Crippen LogP contribution in [-0.4, -0.2) is 11.1 Å². The predicted octanol–water partition coefficient (Wildman–Crippen LogP) is 1.24. The first kappa shape index (κ1) is 8.08. The minimum absolute atomic E-state index is 0.0998. The molecule has 1 N–H and O–H groups in total. The Balaban J connectivity index is 2.97. The Bertz CT molecular complexity index is 340. The molecule has 1 aromatic carbocycles. The highest BCUT2D eigenvalue weighted by molar-refractivity contribution is 5.87. The normalized spacial score (nSPS) is 8.58. The number of hydrogen-bond acceptors (Lipinski definition) is 3. The van der Waals surface area contributed by atoms with Gasteiger partial charge < -0.3 is 9.84 Å². The van der Waals surface area contributed by atoms with E-state index in [0.717, 1.165) is 0 Å². The van der Waals surface area contributed by atoms with Crippen molar-refractivity contribution in [2.24, 2.45) is 0 Å². The van der Waals surface area contributed by atoms with Crippen LogP contribution in [0.5, 0.6) is 5.75 Å². The van der Waals surface area contributed by atoms with E-state index >= 15 is 0 Å². The maximum absolute atomic E-state index is 10.4. The summed E-state index contributed by atoms with van der Waals surface area (Å²) in [4.78, 5) is 10.4. The molecule has 0 radical (unpaired) electrons. The van der Waals surface area contributed by atoms with Crippen LogP contribution in [0.4, 0.5) is 0 Å². The van der Waals surface area contributed by atoms with Gasteiger partial charge in [-0.15, -0.1) is 5.26 Å². The molecule has 0 aliphatic rings. The molecule has 0 fully saturated rings. The molecule has 0 saturated heterocycles. The molecule has 0 aliphatic carbocycles. The lowest BCUT2D eigenvalue weighted by atomic mass is 10.2. The average molecular weight is 163 g/mol.